The molecule has 5 heteroatoms. The summed E-state index contributed by atoms with van der Waals surface area (Å²) < 4.78 is 0. The van der Waals surface area contributed by atoms with E-state index in [4.69, 9.17) is 0 Å². The van der Waals surface area contributed by atoms with Crippen LogP contribution in [-0.2, 0) is 20.1 Å². The zero-order valence-corrected chi connectivity index (χ0v) is 4.24. The molecule has 0 rings (SSSR count). The topological polar surface area (TPSA) is 126 Å². The van der Waals surface area contributed by atoms with Crippen LogP contribution < -0.4 is 0 Å². The van der Waals surface area contributed by atoms with Crippen molar-refractivity contribution in [2.75, 3.05) is 0 Å². The molecule has 4 nitrogen and oxygen atoms in total. The van der Waals surface area contributed by atoms with Crippen molar-refractivity contribution in [3.05, 3.63) is 0 Å². The fraction of sp³-hybridized carbons (Fsp3) is 0. The van der Waals surface area contributed by atoms with Gasteiger partial charge in [0, 0.05) is 20.1 Å². The SMILES string of the molecule is O.O.O.O.[98Tc]. The van der Waals surface area contributed by atoms with Crippen molar-refractivity contribution < 1.29 is 42.0 Å². The molecule has 0 aliphatic carbocycles. The van der Waals surface area contributed by atoms with E-state index in [1.54, 1.807) is 0 Å². The Hall–Kier alpha value is 0.489. The van der Waals surface area contributed by atoms with Crippen LogP contribution in [0.4, 0.5) is 0 Å². The molecule has 0 aromatic carbocycles. The molecule has 8 N–H and O–H groups in total. The second-order valence-electron chi connectivity index (χ2n) is 0. The first-order chi connectivity index (χ1) is 0. The molecule has 0 aliphatic heterocycles. The van der Waals surface area contributed by atoms with Crippen LogP contribution in [-0.4, -0.2) is 21.9 Å². The standard InChI is InChI=1S/4H2O.Tc/h4*1H2;/i;;;;1+0. The second kappa shape index (κ2) is 228. The second-order valence-corrected chi connectivity index (χ2v) is 0. The van der Waals surface area contributed by atoms with E-state index in [1.807, 2.05) is 0 Å². The van der Waals surface area contributed by atoms with Gasteiger partial charge in [-0.05, 0) is 0 Å². The molecule has 0 aromatic heterocycles. The average molecular weight is 170 g/mol. The Morgan fingerprint density at radius 2 is 0.400 bits per heavy atom. The minimum Gasteiger partial charge on any atom is -0.412 e. The van der Waals surface area contributed by atoms with Gasteiger partial charge in [-0.2, -0.15) is 0 Å². The van der Waals surface area contributed by atoms with Crippen LogP contribution in [0.25, 0.3) is 0 Å². The molecule has 0 fully saturated rings. The average Bonchev–Trinajstić information content (AvgIpc) is 0. The van der Waals surface area contributed by atoms with Crippen molar-refractivity contribution in [3.8, 4) is 0 Å². The molecular weight excluding hydrogens is 162 g/mol. The Morgan fingerprint density at radius 1 is 0.400 bits per heavy atom. The van der Waals surface area contributed by atoms with Crippen molar-refractivity contribution in [1.29, 1.82) is 0 Å². The first-order valence-corrected chi connectivity index (χ1v) is 0. The molecule has 0 amide bonds. The maximum atomic E-state index is 0. The van der Waals surface area contributed by atoms with Crippen LogP contribution in [0.15, 0.2) is 0 Å². The van der Waals surface area contributed by atoms with Crippen molar-refractivity contribution in [1.82, 2.24) is 0 Å². The third-order valence-corrected chi connectivity index (χ3v) is 0. The molecule has 0 atom stereocenters. The molecule has 0 unspecified atom stereocenters. The van der Waals surface area contributed by atoms with Gasteiger partial charge in [-0.15, -0.1) is 0 Å². The summed E-state index contributed by atoms with van der Waals surface area (Å²) >= 11 is 0. The van der Waals surface area contributed by atoms with E-state index in [0.717, 1.165) is 0 Å². The van der Waals surface area contributed by atoms with Crippen LogP contribution in [0.2, 0.25) is 0 Å². The van der Waals surface area contributed by atoms with Crippen LogP contribution in [0.5, 0.6) is 0 Å². The molecule has 0 bridgehead atoms. The van der Waals surface area contributed by atoms with Gasteiger partial charge < -0.3 is 21.9 Å². The van der Waals surface area contributed by atoms with Gasteiger partial charge in [0.2, 0.25) is 0 Å². The summed E-state index contributed by atoms with van der Waals surface area (Å²) in [5, 5.41) is 0. The molecule has 0 saturated carbocycles. The van der Waals surface area contributed by atoms with E-state index in [0.29, 0.717) is 0 Å². The predicted octanol–water partition coefficient (Wildman–Crippen LogP) is -3.30. The summed E-state index contributed by atoms with van der Waals surface area (Å²) in [6.45, 7) is 0. The largest absolute Gasteiger partial charge is 0.412 e. The molecule has 0 spiro atoms. The third-order valence-electron chi connectivity index (χ3n) is 0. The molecule has 0 saturated heterocycles. The van der Waals surface area contributed by atoms with Gasteiger partial charge in [-0.3, -0.25) is 0 Å². The van der Waals surface area contributed by atoms with Crippen LogP contribution in [0.3, 0.4) is 0 Å². The monoisotopic (exact) mass is 170 g/mol. The molecule has 0 aromatic rings. The molecule has 0 heterocycles. The van der Waals surface area contributed by atoms with Gasteiger partial charge in [0.1, 0.15) is 0 Å². The van der Waals surface area contributed by atoms with E-state index < -0.39 is 0 Å². The normalized spacial score (nSPS) is 0. The van der Waals surface area contributed by atoms with E-state index >= 15 is 0 Å². The maximum absolute atomic E-state index is 0. The maximum Gasteiger partial charge on any atom is 0 e. The number of rotatable bonds is 0. The van der Waals surface area contributed by atoms with Gasteiger partial charge in [0.15, 0.2) is 0 Å². The van der Waals surface area contributed by atoms with Crippen LogP contribution >= 0.6 is 0 Å². The molecular formula is H8O4Tc. The third kappa shape index (κ3) is 116. The summed E-state index contributed by atoms with van der Waals surface area (Å²) in [5.41, 5.74) is 0. The summed E-state index contributed by atoms with van der Waals surface area (Å²) in [6.07, 6.45) is 0. The minimum absolute atomic E-state index is 0. The van der Waals surface area contributed by atoms with Crippen molar-refractivity contribution in [2.24, 2.45) is 0 Å². The van der Waals surface area contributed by atoms with Crippen LogP contribution in [0.1, 0.15) is 0 Å². The summed E-state index contributed by atoms with van der Waals surface area (Å²) in [6, 6.07) is 0. The fourth-order valence-electron chi connectivity index (χ4n) is 0. The van der Waals surface area contributed by atoms with Crippen molar-refractivity contribution in [3.63, 3.8) is 0 Å². The van der Waals surface area contributed by atoms with Gasteiger partial charge in [0.05, 0.1) is 0 Å². The van der Waals surface area contributed by atoms with Gasteiger partial charge >= 0.3 is 0 Å². The molecule has 39 valence electrons. The summed E-state index contributed by atoms with van der Waals surface area (Å²) in [5.74, 6) is 0. The zero-order chi connectivity index (χ0) is 0. The molecule has 5 heavy (non-hydrogen) atoms. The van der Waals surface area contributed by atoms with Gasteiger partial charge in [-0.1, -0.05) is 0 Å². The summed E-state index contributed by atoms with van der Waals surface area (Å²) in [4.78, 5) is 0. The minimum atomic E-state index is 0. The Labute approximate surface area is 42.8 Å². The number of hydrogen-bond donors (Lipinski definition) is 0. The quantitative estimate of drug-likeness (QED) is 0.361. The summed E-state index contributed by atoms with van der Waals surface area (Å²) in [7, 11) is 0. The van der Waals surface area contributed by atoms with Crippen molar-refractivity contribution in [2.45, 2.75) is 0 Å². The first kappa shape index (κ1) is 462. The van der Waals surface area contributed by atoms with Gasteiger partial charge in [-0.25, -0.2) is 0 Å². The Kier molecular flexibility index (Phi) is 21100. The van der Waals surface area contributed by atoms with E-state index in [9.17, 15) is 0 Å². The molecule has 0 aliphatic rings. The van der Waals surface area contributed by atoms with Gasteiger partial charge in [0.25, 0.3) is 0 Å². The smallest absolute Gasteiger partial charge is 0 e. The fourth-order valence-corrected chi connectivity index (χ4v) is 0. The Balaban J connectivity index is 0. The molecule has 1 radical (unpaired) electrons. The van der Waals surface area contributed by atoms with E-state index in [2.05, 4.69) is 0 Å². The van der Waals surface area contributed by atoms with E-state index in [1.165, 1.54) is 0 Å². The Morgan fingerprint density at radius 3 is 0.400 bits per heavy atom. The number of hydrogen-bond acceptors (Lipinski definition) is 0. The predicted molar refractivity (Wildman–Crippen MR) is 14.5 cm³/mol. The van der Waals surface area contributed by atoms with E-state index in [-0.39, 0.29) is 42.0 Å². The first-order valence-electron chi connectivity index (χ1n) is 0. The van der Waals surface area contributed by atoms with Crippen LogP contribution in [0, 0.1) is 0 Å². The van der Waals surface area contributed by atoms with Crippen molar-refractivity contribution >= 4 is 0 Å². The zero-order valence-electron chi connectivity index (χ0n) is 2.38. The Bertz CT molecular complexity index is 3.61.